The van der Waals surface area contributed by atoms with Crippen LogP contribution >= 0.6 is 0 Å². The van der Waals surface area contributed by atoms with E-state index in [1.165, 1.54) is 0 Å². The molecule has 0 spiro atoms. The zero-order valence-electron chi connectivity index (χ0n) is 8.75. The summed E-state index contributed by atoms with van der Waals surface area (Å²) in [5.74, 6) is 0.515. The van der Waals surface area contributed by atoms with Gasteiger partial charge in [0.05, 0.1) is 0 Å². The molecule has 0 saturated heterocycles. The second-order valence-corrected chi connectivity index (χ2v) is 3.58. The van der Waals surface area contributed by atoms with Crippen molar-refractivity contribution in [1.29, 1.82) is 0 Å². The van der Waals surface area contributed by atoms with Crippen molar-refractivity contribution in [2.75, 3.05) is 0 Å². The zero-order valence-corrected chi connectivity index (χ0v) is 8.75. The summed E-state index contributed by atoms with van der Waals surface area (Å²) in [6, 6.07) is -0.181. The molecular weight excluding hydrogens is 162 g/mol. The first-order valence-electron chi connectivity index (χ1n) is 4.54. The fourth-order valence-corrected chi connectivity index (χ4v) is 1.01. The fraction of sp³-hybridized carbons (Fsp3) is 0.600. The minimum Gasteiger partial charge on any atom is -0.400 e. The Kier molecular flexibility index (Phi) is 4.56. The van der Waals surface area contributed by atoms with Crippen molar-refractivity contribution >= 4 is 0 Å². The molecule has 6 N–H and O–H groups in total. The van der Waals surface area contributed by atoms with Crippen LogP contribution in [0.5, 0.6) is 0 Å². The first-order chi connectivity index (χ1) is 5.91. The van der Waals surface area contributed by atoms with Gasteiger partial charge in [-0.15, -0.1) is 6.58 Å². The highest BCUT2D eigenvalue weighted by molar-refractivity contribution is 5.16. The zero-order chi connectivity index (χ0) is 10.6. The van der Waals surface area contributed by atoms with Crippen LogP contribution in [-0.2, 0) is 0 Å². The van der Waals surface area contributed by atoms with Crippen molar-refractivity contribution in [3.63, 3.8) is 0 Å². The first-order valence-corrected chi connectivity index (χ1v) is 4.54. The van der Waals surface area contributed by atoms with Gasteiger partial charge in [0.15, 0.2) is 0 Å². The normalized spacial score (nSPS) is 20.0. The second-order valence-electron chi connectivity index (χ2n) is 3.58. The molecule has 0 aromatic heterocycles. The summed E-state index contributed by atoms with van der Waals surface area (Å²) in [6.07, 6.45) is 1.87. The van der Waals surface area contributed by atoms with Crippen molar-refractivity contribution in [3.8, 4) is 0 Å². The van der Waals surface area contributed by atoms with Crippen LogP contribution in [0.2, 0.25) is 0 Å². The summed E-state index contributed by atoms with van der Waals surface area (Å²) in [7, 11) is 0. The molecule has 13 heavy (non-hydrogen) atoms. The third-order valence-corrected chi connectivity index (χ3v) is 2.47. The van der Waals surface area contributed by atoms with Gasteiger partial charge in [0.25, 0.3) is 0 Å². The molecule has 3 atom stereocenters. The summed E-state index contributed by atoms with van der Waals surface area (Å²) in [6.45, 7) is 9.62. The van der Waals surface area contributed by atoms with Gasteiger partial charge in [-0.1, -0.05) is 19.9 Å². The Labute approximate surface area is 80.7 Å². The largest absolute Gasteiger partial charge is 0.400 e. The van der Waals surface area contributed by atoms with E-state index in [9.17, 15) is 0 Å². The van der Waals surface area contributed by atoms with E-state index in [4.69, 9.17) is 17.2 Å². The molecule has 0 aromatic rings. The highest BCUT2D eigenvalue weighted by Crippen LogP contribution is 2.19. The van der Waals surface area contributed by atoms with Crippen molar-refractivity contribution < 1.29 is 0 Å². The van der Waals surface area contributed by atoms with Crippen LogP contribution in [0.15, 0.2) is 24.0 Å². The first kappa shape index (κ1) is 12.0. The second kappa shape index (κ2) is 4.92. The van der Waals surface area contributed by atoms with Gasteiger partial charge in [-0.3, -0.25) is 0 Å². The third-order valence-electron chi connectivity index (χ3n) is 2.47. The predicted octanol–water partition coefficient (Wildman–Crippen LogP) is 0.921. The smallest absolute Gasteiger partial charge is 0.0442 e. The Hall–Kier alpha value is -0.960. The molecule has 0 aliphatic rings. The van der Waals surface area contributed by atoms with Gasteiger partial charge in [-0.25, -0.2) is 0 Å². The summed E-state index contributed by atoms with van der Waals surface area (Å²) >= 11 is 0. The van der Waals surface area contributed by atoms with Crippen LogP contribution in [0.1, 0.15) is 20.8 Å². The van der Waals surface area contributed by atoms with E-state index in [-0.39, 0.29) is 12.0 Å². The molecular formula is C10H21N3. The van der Waals surface area contributed by atoms with Gasteiger partial charge < -0.3 is 17.2 Å². The Bertz CT molecular complexity index is 206. The molecule has 0 saturated carbocycles. The number of hydrogen-bond donors (Lipinski definition) is 3. The quantitative estimate of drug-likeness (QED) is 0.567. The van der Waals surface area contributed by atoms with Gasteiger partial charge in [0.2, 0.25) is 0 Å². The maximum Gasteiger partial charge on any atom is 0.0442 e. The lowest BCUT2D eigenvalue weighted by atomic mass is 9.91. The summed E-state index contributed by atoms with van der Waals surface area (Å²) < 4.78 is 0. The lowest BCUT2D eigenvalue weighted by Gasteiger charge is -2.20. The van der Waals surface area contributed by atoms with Crippen molar-refractivity contribution in [3.05, 3.63) is 24.0 Å². The summed E-state index contributed by atoms with van der Waals surface area (Å²) in [5, 5.41) is 0. The van der Waals surface area contributed by atoms with E-state index in [0.29, 0.717) is 17.3 Å². The van der Waals surface area contributed by atoms with Gasteiger partial charge in [0.1, 0.15) is 0 Å². The predicted molar refractivity (Wildman–Crippen MR) is 57.6 cm³/mol. The molecule has 0 aliphatic heterocycles. The maximum absolute atomic E-state index is 5.86. The van der Waals surface area contributed by atoms with E-state index >= 15 is 0 Å². The molecule has 0 amide bonds. The van der Waals surface area contributed by atoms with Gasteiger partial charge >= 0.3 is 0 Å². The molecule has 0 aliphatic carbocycles. The SMILES string of the molecule is C=CC(C)C(C)/C(N)=C(\N)C(C)N. The summed E-state index contributed by atoms with van der Waals surface area (Å²) in [4.78, 5) is 0. The summed E-state index contributed by atoms with van der Waals surface area (Å²) in [5.41, 5.74) is 18.5. The molecule has 3 nitrogen and oxygen atoms in total. The number of nitrogens with two attached hydrogens (primary N) is 3. The molecule has 0 bridgehead atoms. The minimum atomic E-state index is -0.181. The maximum atomic E-state index is 5.86. The van der Waals surface area contributed by atoms with E-state index in [2.05, 4.69) is 13.5 Å². The van der Waals surface area contributed by atoms with Crippen LogP contribution in [0.4, 0.5) is 0 Å². The van der Waals surface area contributed by atoms with Gasteiger partial charge in [-0.2, -0.15) is 0 Å². The van der Waals surface area contributed by atoms with Crippen LogP contribution in [0, 0.1) is 11.8 Å². The number of rotatable bonds is 4. The molecule has 0 rings (SSSR count). The molecule has 0 radical (unpaired) electrons. The van der Waals surface area contributed by atoms with Crippen molar-refractivity contribution in [2.24, 2.45) is 29.0 Å². The van der Waals surface area contributed by atoms with Gasteiger partial charge in [-0.05, 0) is 12.8 Å². The highest BCUT2D eigenvalue weighted by Gasteiger charge is 2.15. The minimum absolute atomic E-state index is 0.181. The van der Waals surface area contributed by atoms with Crippen molar-refractivity contribution in [1.82, 2.24) is 0 Å². The average molecular weight is 183 g/mol. The Morgan fingerprint density at radius 3 is 1.92 bits per heavy atom. The lowest BCUT2D eigenvalue weighted by molar-refractivity contribution is 0.515. The third kappa shape index (κ3) is 3.11. The van der Waals surface area contributed by atoms with Crippen LogP contribution in [-0.4, -0.2) is 6.04 Å². The van der Waals surface area contributed by atoms with Crippen LogP contribution in [0.25, 0.3) is 0 Å². The average Bonchev–Trinajstić information content (AvgIpc) is 2.12. The van der Waals surface area contributed by atoms with Crippen LogP contribution in [0.3, 0.4) is 0 Å². The van der Waals surface area contributed by atoms with E-state index < -0.39 is 0 Å². The molecule has 0 aromatic carbocycles. The Morgan fingerprint density at radius 1 is 1.15 bits per heavy atom. The molecule has 3 unspecified atom stereocenters. The van der Waals surface area contributed by atoms with Crippen LogP contribution < -0.4 is 17.2 Å². The van der Waals surface area contributed by atoms with E-state index in [0.717, 1.165) is 0 Å². The van der Waals surface area contributed by atoms with E-state index in [1.54, 1.807) is 0 Å². The van der Waals surface area contributed by atoms with E-state index in [1.807, 2.05) is 19.9 Å². The highest BCUT2D eigenvalue weighted by atomic mass is 14.8. The Balaban J connectivity index is 4.66. The fourth-order valence-electron chi connectivity index (χ4n) is 1.01. The number of allylic oxidation sites excluding steroid dienone is 2. The number of hydrogen-bond acceptors (Lipinski definition) is 3. The standard InChI is InChI=1S/C10H21N3/c1-5-6(2)7(3)9(12)10(13)8(4)11/h5-8H,1,11-13H2,2-4H3/b10-9+. The van der Waals surface area contributed by atoms with Crippen molar-refractivity contribution in [2.45, 2.75) is 26.8 Å². The molecule has 3 heteroatoms. The topological polar surface area (TPSA) is 78.1 Å². The lowest BCUT2D eigenvalue weighted by Crippen LogP contribution is -2.30. The molecule has 76 valence electrons. The molecule has 0 fully saturated rings. The van der Waals surface area contributed by atoms with Gasteiger partial charge in [0, 0.05) is 23.4 Å². The molecule has 0 heterocycles. The Morgan fingerprint density at radius 2 is 1.62 bits per heavy atom. The monoisotopic (exact) mass is 183 g/mol.